The van der Waals surface area contributed by atoms with Gasteiger partial charge in [0.2, 0.25) is 0 Å². The fourth-order valence-electron chi connectivity index (χ4n) is 3.07. The number of carbonyl (C=O) groups is 1. The van der Waals surface area contributed by atoms with Crippen molar-refractivity contribution in [3.05, 3.63) is 42.2 Å². The van der Waals surface area contributed by atoms with E-state index in [1.54, 1.807) is 6.20 Å². The summed E-state index contributed by atoms with van der Waals surface area (Å²) in [6, 6.07) is 9.71. The average molecular weight is 356 g/mol. The number of hydrogen-bond acceptors (Lipinski definition) is 3. The zero-order valence-corrected chi connectivity index (χ0v) is 14.6. The zero-order chi connectivity index (χ0) is 14.7. The fourth-order valence-corrected chi connectivity index (χ4v) is 3.07. The number of benzene rings is 1. The topological polar surface area (TPSA) is 68.0 Å². The highest BCUT2D eigenvalue weighted by atomic mass is 35.5. The Labute approximate surface area is 149 Å². The van der Waals surface area contributed by atoms with Crippen LogP contribution >= 0.6 is 24.8 Å². The molecule has 0 radical (unpaired) electrons. The van der Waals surface area contributed by atoms with Crippen LogP contribution in [-0.4, -0.2) is 23.0 Å². The summed E-state index contributed by atoms with van der Waals surface area (Å²) in [7, 11) is 0. The molecule has 4 nitrogen and oxygen atoms in total. The summed E-state index contributed by atoms with van der Waals surface area (Å²) < 4.78 is 0. The van der Waals surface area contributed by atoms with Crippen molar-refractivity contribution in [1.82, 2.24) is 10.3 Å². The van der Waals surface area contributed by atoms with Gasteiger partial charge in [0.05, 0.1) is 0 Å². The van der Waals surface area contributed by atoms with Crippen LogP contribution in [0.5, 0.6) is 0 Å². The maximum Gasteiger partial charge on any atom is 0.270 e. The Morgan fingerprint density at radius 2 is 1.83 bits per heavy atom. The Hall–Kier alpha value is -1.36. The highest BCUT2D eigenvalue weighted by molar-refractivity contribution is 6.05. The minimum atomic E-state index is -0.251. The van der Waals surface area contributed by atoms with E-state index in [1.165, 1.54) is 6.42 Å². The summed E-state index contributed by atoms with van der Waals surface area (Å²) >= 11 is 0. The third kappa shape index (κ3) is 4.56. The van der Waals surface area contributed by atoms with Gasteiger partial charge in [0.15, 0.2) is 0 Å². The summed E-state index contributed by atoms with van der Waals surface area (Å²) in [5.74, 6) is -0.137. The first-order valence-electron chi connectivity index (χ1n) is 7.59. The van der Waals surface area contributed by atoms with E-state index < -0.39 is 0 Å². The molecule has 1 aromatic heterocycles. The number of amides is 1. The molecule has 1 heterocycles. The van der Waals surface area contributed by atoms with Crippen LogP contribution in [0.4, 0.5) is 0 Å². The number of aromatic nitrogens is 1. The number of carbonyl (C=O) groups excluding carboxylic acids is 1. The molecule has 3 N–H and O–H groups in total. The Balaban J connectivity index is 0.00000132. The fraction of sp³-hybridized carbons (Fsp3) is 0.412. The molecule has 0 unspecified atom stereocenters. The minimum absolute atomic E-state index is 0. The number of halogens is 2. The number of nitrogens with two attached hydrogens (primary N) is 1. The Kier molecular flexibility index (Phi) is 7.26. The lowest BCUT2D eigenvalue weighted by molar-refractivity contribution is 0.0934. The molecule has 0 aliphatic heterocycles. The standard InChI is InChI=1S/C17H21N3O.2ClH/c18-17(9-4-1-5-10-17)12-20-16(21)15-14-7-3-2-6-13(14)8-11-19-15;;/h2-3,6-8,11H,1,4-5,9-10,12,18H2,(H,20,21);2*1H. The molecule has 2 aromatic rings. The molecule has 1 fully saturated rings. The second-order valence-corrected chi connectivity index (χ2v) is 5.99. The quantitative estimate of drug-likeness (QED) is 0.885. The predicted molar refractivity (Wildman–Crippen MR) is 98.6 cm³/mol. The maximum atomic E-state index is 12.4. The Morgan fingerprint density at radius 3 is 2.57 bits per heavy atom. The highest BCUT2D eigenvalue weighted by Crippen LogP contribution is 2.25. The lowest BCUT2D eigenvalue weighted by Crippen LogP contribution is -2.51. The van der Waals surface area contributed by atoms with Crippen molar-refractivity contribution in [2.24, 2.45) is 5.73 Å². The van der Waals surface area contributed by atoms with Crippen LogP contribution in [0.25, 0.3) is 10.8 Å². The SMILES string of the molecule is Cl.Cl.NC1(CNC(=O)c2nccc3ccccc23)CCCCC1. The first-order valence-corrected chi connectivity index (χ1v) is 7.59. The third-order valence-corrected chi connectivity index (χ3v) is 4.34. The number of pyridine rings is 1. The van der Waals surface area contributed by atoms with Crippen molar-refractivity contribution < 1.29 is 4.79 Å². The summed E-state index contributed by atoms with van der Waals surface area (Å²) in [6.07, 6.45) is 7.19. The van der Waals surface area contributed by atoms with Crippen molar-refractivity contribution >= 4 is 41.5 Å². The molecular weight excluding hydrogens is 333 g/mol. The van der Waals surface area contributed by atoms with Crippen LogP contribution in [0.2, 0.25) is 0 Å². The molecule has 0 atom stereocenters. The second kappa shape index (κ2) is 8.48. The van der Waals surface area contributed by atoms with Gasteiger partial charge < -0.3 is 11.1 Å². The van der Waals surface area contributed by atoms with Crippen LogP contribution in [0.3, 0.4) is 0 Å². The highest BCUT2D eigenvalue weighted by Gasteiger charge is 2.28. The first-order chi connectivity index (χ1) is 10.2. The summed E-state index contributed by atoms with van der Waals surface area (Å²) in [4.78, 5) is 16.7. The van der Waals surface area contributed by atoms with E-state index in [-0.39, 0.29) is 36.3 Å². The molecule has 0 spiro atoms. The smallest absolute Gasteiger partial charge is 0.270 e. The molecular formula is C17H23Cl2N3O. The van der Waals surface area contributed by atoms with Gasteiger partial charge in [-0.05, 0) is 24.3 Å². The van der Waals surface area contributed by atoms with E-state index in [2.05, 4.69) is 10.3 Å². The molecule has 1 aliphatic rings. The molecule has 1 saturated carbocycles. The summed E-state index contributed by atoms with van der Waals surface area (Å²) in [5.41, 5.74) is 6.59. The average Bonchev–Trinajstić information content (AvgIpc) is 2.53. The number of rotatable bonds is 3. The van der Waals surface area contributed by atoms with Crippen LogP contribution in [-0.2, 0) is 0 Å². The largest absolute Gasteiger partial charge is 0.349 e. The molecule has 23 heavy (non-hydrogen) atoms. The summed E-state index contributed by atoms with van der Waals surface area (Å²) in [6.45, 7) is 0.525. The van der Waals surface area contributed by atoms with E-state index in [1.807, 2.05) is 30.3 Å². The number of fused-ring (bicyclic) bond motifs is 1. The van der Waals surface area contributed by atoms with Crippen molar-refractivity contribution in [1.29, 1.82) is 0 Å². The van der Waals surface area contributed by atoms with Gasteiger partial charge in [-0.1, -0.05) is 43.5 Å². The molecule has 1 aromatic carbocycles. The van der Waals surface area contributed by atoms with Gasteiger partial charge in [-0.2, -0.15) is 0 Å². The molecule has 0 bridgehead atoms. The second-order valence-electron chi connectivity index (χ2n) is 5.99. The van der Waals surface area contributed by atoms with Gasteiger partial charge in [-0.25, -0.2) is 0 Å². The van der Waals surface area contributed by atoms with E-state index >= 15 is 0 Å². The van der Waals surface area contributed by atoms with Crippen LogP contribution in [0.1, 0.15) is 42.6 Å². The Bertz CT molecular complexity index is 652. The van der Waals surface area contributed by atoms with Gasteiger partial charge in [-0.15, -0.1) is 24.8 Å². The van der Waals surface area contributed by atoms with Gasteiger partial charge in [0.1, 0.15) is 5.69 Å². The molecule has 0 saturated heterocycles. The minimum Gasteiger partial charge on any atom is -0.349 e. The number of nitrogens with one attached hydrogen (secondary N) is 1. The van der Waals surface area contributed by atoms with Crippen molar-refractivity contribution in [3.8, 4) is 0 Å². The van der Waals surface area contributed by atoms with Gasteiger partial charge >= 0.3 is 0 Å². The molecule has 126 valence electrons. The van der Waals surface area contributed by atoms with Crippen molar-refractivity contribution in [2.45, 2.75) is 37.6 Å². The number of nitrogens with zero attached hydrogens (tertiary/aromatic N) is 1. The van der Waals surface area contributed by atoms with Gasteiger partial charge in [0, 0.05) is 23.7 Å². The van der Waals surface area contributed by atoms with E-state index in [0.29, 0.717) is 12.2 Å². The molecule has 3 rings (SSSR count). The zero-order valence-electron chi connectivity index (χ0n) is 13.0. The normalized spacial score (nSPS) is 16.0. The monoisotopic (exact) mass is 355 g/mol. The van der Waals surface area contributed by atoms with Crippen LogP contribution < -0.4 is 11.1 Å². The van der Waals surface area contributed by atoms with E-state index in [9.17, 15) is 4.79 Å². The van der Waals surface area contributed by atoms with Crippen molar-refractivity contribution in [3.63, 3.8) is 0 Å². The Morgan fingerprint density at radius 1 is 1.13 bits per heavy atom. The van der Waals surface area contributed by atoms with E-state index in [0.717, 1.165) is 36.5 Å². The molecule has 6 heteroatoms. The molecule has 1 aliphatic carbocycles. The first kappa shape index (κ1) is 19.7. The van der Waals surface area contributed by atoms with E-state index in [4.69, 9.17) is 5.73 Å². The summed E-state index contributed by atoms with van der Waals surface area (Å²) in [5, 5.41) is 4.88. The number of hydrogen-bond donors (Lipinski definition) is 2. The lowest BCUT2D eigenvalue weighted by Gasteiger charge is -2.33. The van der Waals surface area contributed by atoms with Crippen LogP contribution in [0, 0.1) is 0 Å². The predicted octanol–water partition coefficient (Wildman–Crippen LogP) is 3.47. The third-order valence-electron chi connectivity index (χ3n) is 4.34. The lowest BCUT2D eigenvalue weighted by atomic mass is 9.82. The molecule has 1 amide bonds. The maximum absolute atomic E-state index is 12.4. The van der Waals surface area contributed by atoms with Gasteiger partial charge in [-0.3, -0.25) is 9.78 Å². The van der Waals surface area contributed by atoms with Gasteiger partial charge in [0.25, 0.3) is 5.91 Å². The van der Waals surface area contributed by atoms with Crippen LogP contribution in [0.15, 0.2) is 36.5 Å². The van der Waals surface area contributed by atoms with Crippen molar-refractivity contribution in [2.75, 3.05) is 6.54 Å².